The third-order valence-electron chi connectivity index (χ3n) is 2.10. The fourth-order valence-electron chi connectivity index (χ4n) is 1.56. The van der Waals surface area contributed by atoms with Crippen LogP contribution in [0.4, 0.5) is 0 Å². The second-order valence-electron chi connectivity index (χ2n) is 3.77. The molecule has 0 spiro atoms. The molecule has 18 heavy (non-hydrogen) atoms. The smallest absolute Gasteiger partial charge is 0.303 e. The van der Waals surface area contributed by atoms with E-state index in [4.69, 9.17) is 18.9 Å². The Morgan fingerprint density at radius 1 is 1.00 bits per heavy atom. The van der Waals surface area contributed by atoms with Gasteiger partial charge in [0.1, 0.15) is 6.61 Å². The summed E-state index contributed by atoms with van der Waals surface area (Å²) in [4.78, 5) is 32.9. The predicted octanol–water partition coefficient (Wildman–Crippen LogP) is -0.0265. The molecule has 1 radical (unpaired) electrons. The maximum atomic E-state index is 11.0. The van der Waals surface area contributed by atoms with Crippen molar-refractivity contribution in [1.29, 1.82) is 0 Å². The van der Waals surface area contributed by atoms with E-state index in [0.717, 1.165) is 0 Å². The molecule has 1 aliphatic rings. The summed E-state index contributed by atoms with van der Waals surface area (Å²) in [6.45, 7) is 4.94. The zero-order chi connectivity index (χ0) is 13.7. The van der Waals surface area contributed by atoms with E-state index in [2.05, 4.69) is 0 Å². The molecule has 0 amide bonds. The van der Waals surface area contributed by atoms with E-state index in [1.165, 1.54) is 27.4 Å². The quantitative estimate of drug-likeness (QED) is 0.519. The lowest BCUT2D eigenvalue weighted by Crippen LogP contribution is -2.51. The van der Waals surface area contributed by atoms with Crippen molar-refractivity contribution in [1.82, 2.24) is 0 Å². The summed E-state index contributed by atoms with van der Waals surface area (Å²) in [5.41, 5.74) is 0. The fraction of sp³-hybridized carbons (Fsp3) is 0.636. The van der Waals surface area contributed by atoms with E-state index >= 15 is 0 Å². The highest BCUT2D eigenvalue weighted by molar-refractivity contribution is 5.68. The Bertz CT molecular complexity index is 314. The van der Waals surface area contributed by atoms with Crippen molar-refractivity contribution < 1.29 is 33.3 Å². The lowest BCUT2D eigenvalue weighted by molar-refractivity contribution is -0.198. The summed E-state index contributed by atoms with van der Waals surface area (Å²) in [7, 11) is 0. The van der Waals surface area contributed by atoms with Gasteiger partial charge in [-0.2, -0.15) is 0 Å². The number of ether oxygens (including phenoxy) is 4. The van der Waals surface area contributed by atoms with Crippen LogP contribution in [-0.4, -0.2) is 42.8 Å². The van der Waals surface area contributed by atoms with E-state index in [9.17, 15) is 14.4 Å². The maximum Gasteiger partial charge on any atom is 0.303 e. The molecular formula is C11H15O7. The van der Waals surface area contributed by atoms with Gasteiger partial charge in [0.2, 0.25) is 0 Å². The van der Waals surface area contributed by atoms with Gasteiger partial charge in [-0.15, -0.1) is 0 Å². The molecule has 0 N–H and O–H groups in total. The average molecular weight is 259 g/mol. The SMILES string of the molecule is CC(=O)O[C@@H]1[C@@H](OC(C)=O)[CH]OC[C@H]1OC(C)=O. The summed E-state index contributed by atoms with van der Waals surface area (Å²) >= 11 is 0. The van der Waals surface area contributed by atoms with Crippen molar-refractivity contribution in [3.63, 3.8) is 0 Å². The lowest BCUT2D eigenvalue weighted by Gasteiger charge is -2.35. The van der Waals surface area contributed by atoms with E-state index in [-0.39, 0.29) is 6.61 Å². The molecule has 0 aliphatic carbocycles. The number of carbonyl (C=O) groups excluding carboxylic acids is 3. The molecule has 1 saturated heterocycles. The predicted molar refractivity (Wildman–Crippen MR) is 56.9 cm³/mol. The molecule has 0 saturated carbocycles. The van der Waals surface area contributed by atoms with Crippen LogP contribution < -0.4 is 0 Å². The monoisotopic (exact) mass is 259 g/mol. The minimum absolute atomic E-state index is 0.0370. The second-order valence-corrected chi connectivity index (χ2v) is 3.77. The van der Waals surface area contributed by atoms with Crippen LogP contribution >= 0.6 is 0 Å². The first kappa shape index (κ1) is 14.4. The van der Waals surface area contributed by atoms with Gasteiger partial charge in [-0.1, -0.05) is 0 Å². The van der Waals surface area contributed by atoms with Gasteiger partial charge < -0.3 is 18.9 Å². The van der Waals surface area contributed by atoms with Crippen molar-refractivity contribution in [3.05, 3.63) is 6.61 Å². The van der Waals surface area contributed by atoms with Gasteiger partial charge >= 0.3 is 17.9 Å². The molecule has 1 heterocycles. The van der Waals surface area contributed by atoms with Crippen molar-refractivity contribution in [2.45, 2.75) is 39.1 Å². The van der Waals surface area contributed by atoms with E-state index < -0.39 is 36.2 Å². The van der Waals surface area contributed by atoms with Crippen LogP contribution in [0.3, 0.4) is 0 Å². The van der Waals surface area contributed by atoms with Gasteiger partial charge in [-0.05, 0) is 0 Å². The molecule has 7 heteroatoms. The molecule has 1 aliphatic heterocycles. The number of hydrogen-bond acceptors (Lipinski definition) is 7. The molecule has 1 fully saturated rings. The highest BCUT2D eigenvalue weighted by atomic mass is 16.6. The van der Waals surface area contributed by atoms with Gasteiger partial charge in [0.15, 0.2) is 18.3 Å². The molecule has 0 unspecified atom stereocenters. The Morgan fingerprint density at radius 3 is 2.06 bits per heavy atom. The van der Waals surface area contributed by atoms with Crippen LogP contribution in [0, 0.1) is 6.61 Å². The molecule has 101 valence electrons. The minimum atomic E-state index is -0.899. The molecule has 3 atom stereocenters. The molecule has 1 rings (SSSR count). The largest absolute Gasteiger partial charge is 0.456 e. The fourth-order valence-corrected chi connectivity index (χ4v) is 1.56. The second kappa shape index (κ2) is 6.34. The van der Waals surface area contributed by atoms with Crippen molar-refractivity contribution in [3.8, 4) is 0 Å². The van der Waals surface area contributed by atoms with Crippen LogP contribution in [0.2, 0.25) is 0 Å². The van der Waals surface area contributed by atoms with Crippen LogP contribution in [0.15, 0.2) is 0 Å². The topological polar surface area (TPSA) is 88.1 Å². The summed E-state index contributed by atoms with van der Waals surface area (Å²) in [5, 5.41) is 0. The van der Waals surface area contributed by atoms with Crippen molar-refractivity contribution in [2.24, 2.45) is 0 Å². The zero-order valence-electron chi connectivity index (χ0n) is 10.4. The van der Waals surface area contributed by atoms with Crippen LogP contribution in [0.5, 0.6) is 0 Å². The number of hydrogen-bond donors (Lipinski definition) is 0. The van der Waals surface area contributed by atoms with Crippen LogP contribution in [0.25, 0.3) is 0 Å². The standard InChI is InChI=1S/C11H15O7/c1-6(12)16-9-4-15-5-10(17-7(2)13)11(9)18-8(3)14/h4,9-11H,5H2,1-3H3/t9-,10+,11+/m0/s1. The maximum absolute atomic E-state index is 11.0. The van der Waals surface area contributed by atoms with Crippen molar-refractivity contribution >= 4 is 17.9 Å². The Hall–Kier alpha value is -1.63. The van der Waals surface area contributed by atoms with Crippen LogP contribution in [-0.2, 0) is 33.3 Å². The Kier molecular flexibility index (Phi) is 5.08. The Morgan fingerprint density at radius 2 is 1.56 bits per heavy atom. The third-order valence-corrected chi connectivity index (χ3v) is 2.10. The lowest BCUT2D eigenvalue weighted by atomic mass is 10.1. The summed E-state index contributed by atoms with van der Waals surface area (Å²) < 4.78 is 19.9. The minimum Gasteiger partial charge on any atom is -0.456 e. The Labute approximate surface area is 104 Å². The first-order chi connectivity index (χ1) is 8.40. The Balaban J connectivity index is 2.78. The summed E-state index contributed by atoms with van der Waals surface area (Å²) in [6.07, 6.45) is -2.60. The third kappa shape index (κ3) is 4.33. The molecular weight excluding hydrogens is 244 g/mol. The van der Waals surface area contributed by atoms with Gasteiger partial charge in [0, 0.05) is 20.8 Å². The molecule has 7 nitrogen and oxygen atoms in total. The normalized spacial score (nSPS) is 27.2. The van der Waals surface area contributed by atoms with E-state index in [1.54, 1.807) is 0 Å². The highest BCUT2D eigenvalue weighted by Gasteiger charge is 2.41. The van der Waals surface area contributed by atoms with E-state index in [0.29, 0.717) is 0 Å². The molecule has 0 bridgehead atoms. The van der Waals surface area contributed by atoms with Gasteiger partial charge in [-0.25, -0.2) is 0 Å². The average Bonchev–Trinajstić information content (AvgIpc) is 2.20. The number of esters is 3. The van der Waals surface area contributed by atoms with Crippen LogP contribution in [0.1, 0.15) is 20.8 Å². The number of carbonyl (C=O) groups is 3. The molecule has 0 aromatic heterocycles. The molecule has 0 aromatic carbocycles. The zero-order valence-corrected chi connectivity index (χ0v) is 10.4. The number of rotatable bonds is 3. The first-order valence-electron chi connectivity index (χ1n) is 5.36. The summed E-state index contributed by atoms with van der Waals surface area (Å²) in [5.74, 6) is -1.66. The van der Waals surface area contributed by atoms with Gasteiger partial charge in [-0.3, -0.25) is 14.4 Å². The van der Waals surface area contributed by atoms with Crippen molar-refractivity contribution in [2.75, 3.05) is 6.61 Å². The summed E-state index contributed by atoms with van der Waals surface area (Å²) in [6, 6.07) is 0. The molecule has 0 aromatic rings. The van der Waals surface area contributed by atoms with Gasteiger partial charge in [0.25, 0.3) is 0 Å². The van der Waals surface area contributed by atoms with E-state index in [1.807, 2.05) is 0 Å². The first-order valence-corrected chi connectivity index (χ1v) is 5.36. The highest BCUT2D eigenvalue weighted by Crippen LogP contribution is 2.21. The van der Waals surface area contributed by atoms with Gasteiger partial charge in [0.05, 0.1) is 6.61 Å².